The molecule has 0 spiro atoms. The third-order valence-electron chi connectivity index (χ3n) is 4.86. The molecule has 1 amide bonds. The van der Waals surface area contributed by atoms with Crippen LogP contribution in [0.15, 0.2) is 0 Å². The van der Waals surface area contributed by atoms with Gasteiger partial charge in [-0.1, -0.05) is 6.92 Å². The van der Waals surface area contributed by atoms with Crippen LogP contribution in [0.1, 0.15) is 39.0 Å². The van der Waals surface area contributed by atoms with Crippen molar-refractivity contribution in [3.05, 3.63) is 0 Å². The molecular weight excluding hydrogens is 240 g/mol. The molecule has 1 aliphatic heterocycles. The fourth-order valence-corrected chi connectivity index (χ4v) is 3.30. The molecule has 1 heterocycles. The predicted molar refractivity (Wildman–Crippen MR) is 75.7 cm³/mol. The second-order valence-electron chi connectivity index (χ2n) is 6.43. The maximum atomic E-state index is 12.5. The Labute approximate surface area is 116 Å². The van der Waals surface area contributed by atoms with Gasteiger partial charge in [-0.15, -0.1) is 0 Å². The molecule has 0 aromatic rings. The molecule has 19 heavy (non-hydrogen) atoms. The summed E-state index contributed by atoms with van der Waals surface area (Å²) >= 11 is 0. The first-order valence-electron chi connectivity index (χ1n) is 7.66. The van der Waals surface area contributed by atoms with Crippen LogP contribution in [0.5, 0.6) is 0 Å². The Morgan fingerprint density at radius 2 is 1.95 bits per heavy atom. The Morgan fingerprint density at radius 1 is 1.26 bits per heavy atom. The number of carbonyl (C=O) groups excluding carboxylic acids is 1. The van der Waals surface area contributed by atoms with Crippen LogP contribution in [0.3, 0.4) is 0 Å². The van der Waals surface area contributed by atoms with Crippen LogP contribution >= 0.6 is 0 Å². The van der Waals surface area contributed by atoms with Gasteiger partial charge < -0.3 is 15.4 Å². The van der Waals surface area contributed by atoms with Crippen molar-refractivity contribution in [1.82, 2.24) is 4.90 Å². The third kappa shape index (κ3) is 3.93. The first kappa shape index (κ1) is 14.8. The highest BCUT2D eigenvalue weighted by Gasteiger charge is 2.31. The van der Waals surface area contributed by atoms with Crippen molar-refractivity contribution in [2.24, 2.45) is 23.5 Å². The van der Waals surface area contributed by atoms with Crippen molar-refractivity contribution < 1.29 is 9.53 Å². The fourth-order valence-electron chi connectivity index (χ4n) is 3.30. The molecule has 0 aromatic heterocycles. The normalized spacial score (nSPS) is 33.1. The molecule has 3 unspecified atom stereocenters. The van der Waals surface area contributed by atoms with E-state index in [-0.39, 0.29) is 12.0 Å². The number of nitrogens with zero attached hydrogens (tertiary/aromatic N) is 1. The topological polar surface area (TPSA) is 55.6 Å². The smallest absolute Gasteiger partial charge is 0.225 e. The summed E-state index contributed by atoms with van der Waals surface area (Å²) in [6, 6.07) is 0.194. The zero-order valence-electron chi connectivity index (χ0n) is 12.3. The van der Waals surface area contributed by atoms with E-state index >= 15 is 0 Å². The molecule has 1 saturated carbocycles. The molecule has 1 saturated heterocycles. The number of rotatable bonds is 3. The number of ether oxygens (including phenoxy) is 1. The van der Waals surface area contributed by atoms with E-state index in [1.165, 1.54) is 0 Å². The Hall–Kier alpha value is -0.610. The summed E-state index contributed by atoms with van der Waals surface area (Å²) in [5.74, 6) is 1.62. The van der Waals surface area contributed by atoms with Gasteiger partial charge in [0.15, 0.2) is 0 Å². The van der Waals surface area contributed by atoms with Crippen molar-refractivity contribution in [2.45, 2.75) is 45.1 Å². The summed E-state index contributed by atoms with van der Waals surface area (Å²) in [5.41, 5.74) is 6.10. The van der Waals surface area contributed by atoms with Crippen molar-refractivity contribution >= 4 is 5.91 Å². The van der Waals surface area contributed by atoms with Crippen molar-refractivity contribution in [3.8, 4) is 0 Å². The molecule has 0 aromatic carbocycles. The summed E-state index contributed by atoms with van der Waals surface area (Å²) in [6.45, 7) is 4.76. The number of hydrogen-bond acceptors (Lipinski definition) is 3. The summed E-state index contributed by atoms with van der Waals surface area (Å²) in [4.78, 5) is 14.4. The van der Waals surface area contributed by atoms with E-state index in [9.17, 15) is 4.79 Å². The number of hydrogen-bond donors (Lipinski definition) is 1. The van der Waals surface area contributed by atoms with Crippen molar-refractivity contribution in [1.29, 1.82) is 0 Å². The van der Waals surface area contributed by atoms with Crippen LogP contribution in [0, 0.1) is 17.8 Å². The van der Waals surface area contributed by atoms with Gasteiger partial charge in [0.2, 0.25) is 5.91 Å². The molecule has 110 valence electrons. The summed E-state index contributed by atoms with van der Waals surface area (Å²) in [5, 5.41) is 0. The molecular formula is C15H28N2O2. The van der Waals surface area contributed by atoms with E-state index < -0.39 is 0 Å². The molecule has 2 aliphatic rings. The minimum Gasteiger partial charge on any atom is -0.381 e. The summed E-state index contributed by atoms with van der Waals surface area (Å²) in [7, 11) is 1.95. The second-order valence-corrected chi connectivity index (χ2v) is 6.43. The van der Waals surface area contributed by atoms with Crippen molar-refractivity contribution in [3.63, 3.8) is 0 Å². The molecule has 3 atom stereocenters. The lowest BCUT2D eigenvalue weighted by Gasteiger charge is -2.34. The Morgan fingerprint density at radius 3 is 2.58 bits per heavy atom. The van der Waals surface area contributed by atoms with Gasteiger partial charge in [0.25, 0.3) is 0 Å². The average molecular weight is 268 g/mol. The van der Waals surface area contributed by atoms with Gasteiger partial charge >= 0.3 is 0 Å². The fraction of sp³-hybridized carbons (Fsp3) is 0.933. The molecule has 2 rings (SSSR count). The summed E-state index contributed by atoms with van der Waals surface area (Å²) < 4.78 is 5.36. The second kappa shape index (κ2) is 6.71. The minimum absolute atomic E-state index is 0.149. The van der Waals surface area contributed by atoms with Crippen LogP contribution in [0.4, 0.5) is 0 Å². The molecule has 4 nitrogen and oxygen atoms in total. The monoisotopic (exact) mass is 268 g/mol. The number of amides is 1. The van der Waals surface area contributed by atoms with Crippen molar-refractivity contribution in [2.75, 3.05) is 26.8 Å². The molecule has 4 heteroatoms. The summed E-state index contributed by atoms with van der Waals surface area (Å²) in [6.07, 6.45) is 5.12. The van der Waals surface area contributed by atoms with Crippen LogP contribution in [0.25, 0.3) is 0 Å². The number of nitrogens with two attached hydrogens (primary N) is 1. The third-order valence-corrected chi connectivity index (χ3v) is 4.86. The molecule has 2 fully saturated rings. The van der Waals surface area contributed by atoms with Gasteiger partial charge in [-0.3, -0.25) is 4.79 Å². The van der Waals surface area contributed by atoms with E-state index in [4.69, 9.17) is 10.5 Å². The first-order valence-corrected chi connectivity index (χ1v) is 7.66. The SMILES string of the molecule is CC1CCC(C(=O)N(C)CC2CCOCC2)CC1N. The Balaban J connectivity index is 1.81. The predicted octanol–water partition coefficient (Wildman–Crippen LogP) is 1.63. The van der Waals surface area contributed by atoms with E-state index in [0.29, 0.717) is 17.7 Å². The minimum atomic E-state index is 0.149. The van der Waals surface area contributed by atoms with Crippen LogP contribution in [0.2, 0.25) is 0 Å². The Bertz CT molecular complexity index is 303. The number of carbonyl (C=O) groups is 1. The van der Waals surface area contributed by atoms with Gasteiger partial charge in [-0.05, 0) is 43.9 Å². The van der Waals surface area contributed by atoms with Gasteiger partial charge in [0, 0.05) is 38.8 Å². The highest BCUT2D eigenvalue weighted by Crippen LogP contribution is 2.29. The van der Waals surface area contributed by atoms with E-state index in [0.717, 1.165) is 51.9 Å². The molecule has 0 radical (unpaired) electrons. The first-order chi connectivity index (χ1) is 9.08. The maximum Gasteiger partial charge on any atom is 0.225 e. The maximum absolute atomic E-state index is 12.5. The van der Waals surface area contributed by atoms with Gasteiger partial charge in [0.05, 0.1) is 0 Å². The van der Waals surface area contributed by atoms with E-state index in [1.54, 1.807) is 0 Å². The lowest BCUT2D eigenvalue weighted by molar-refractivity contribution is -0.136. The largest absolute Gasteiger partial charge is 0.381 e. The molecule has 2 N–H and O–H groups in total. The van der Waals surface area contributed by atoms with Gasteiger partial charge in [-0.25, -0.2) is 0 Å². The lowest BCUT2D eigenvalue weighted by atomic mass is 9.79. The quantitative estimate of drug-likeness (QED) is 0.846. The van der Waals surface area contributed by atoms with Crippen LogP contribution in [-0.4, -0.2) is 43.7 Å². The van der Waals surface area contributed by atoms with Gasteiger partial charge in [0.1, 0.15) is 0 Å². The standard InChI is InChI=1S/C15H28N2O2/c1-11-3-4-13(9-14(11)16)15(18)17(2)10-12-5-7-19-8-6-12/h11-14H,3-10,16H2,1-2H3. The lowest BCUT2D eigenvalue weighted by Crippen LogP contribution is -2.43. The Kier molecular flexibility index (Phi) is 5.22. The van der Waals surface area contributed by atoms with E-state index in [1.807, 2.05) is 11.9 Å². The van der Waals surface area contributed by atoms with Crippen LogP contribution in [-0.2, 0) is 9.53 Å². The van der Waals surface area contributed by atoms with E-state index in [2.05, 4.69) is 6.92 Å². The van der Waals surface area contributed by atoms with Gasteiger partial charge in [-0.2, -0.15) is 0 Å². The average Bonchev–Trinajstić information content (AvgIpc) is 2.42. The zero-order valence-corrected chi connectivity index (χ0v) is 12.3. The zero-order chi connectivity index (χ0) is 13.8. The molecule has 1 aliphatic carbocycles. The highest BCUT2D eigenvalue weighted by molar-refractivity contribution is 5.78. The molecule has 0 bridgehead atoms. The highest BCUT2D eigenvalue weighted by atomic mass is 16.5. The van der Waals surface area contributed by atoms with Crippen LogP contribution < -0.4 is 5.73 Å².